The minimum absolute atomic E-state index is 0.0610. The average Bonchev–Trinajstić information content (AvgIpc) is 3.09. The first-order valence-corrected chi connectivity index (χ1v) is 7.78. The molecule has 0 unspecified atom stereocenters. The molecule has 3 aromatic rings. The van der Waals surface area contributed by atoms with Crippen molar-refractivity contribution in [2.24, 2.45) is 0 Å². The lowest BCUT2D eigenvalue weighted by molar-refractivity contribution is -0.116. The number of H-pyrrole nitrogens is 1. The standard InChI is InChI=1S/C19H20N2O3/c1-23-14-7-8-18(24-2)17(12-14)21-19(22)9-6-13-4-3-5-16-15(13)10-11-20-16/h3-5,7-8,10-12,20H,6,9H2,1-2H3,(H,21,22). The summed E-state index contributed by atoms with van der Waals surface area (Å²) in [4.78, 5) is 15.5. The van der Waals surface area contributed by atoms with Gasteiger partial charge in [0.1, 0.15) is 11.5 Å². The van der Waals surface area contributed by atoms with Crippen molar-refractivity contribution in [1.29, 1.82) is 0 Å². The first-order chi connectivity index (χ1) is 11.7. The molecule has 5 heteroatoms. The van der Waals surface area contributed by atoms with Crippen molar-refractivity contribution in [2.75, 3.05) is 19.5 Å². The van der Waals surface area contributed by atoms with Gasteiger partial charge in [0.15, 0.2) is 0 Å². The number of carbonyl (C=O) groups excluding carboxylic acids is 1. The molecule has 0 atom stereocenters. The number of aromatic amines is 1. The topological polar surface area (TPSA) is 63.4 Å². The smallest absolute Gasteiger partial charge is 0.224 e. The number of benzene rings is 2. The highest BCUT2D eigenvalue weighted by molar-refractivity contribution is 5.93. The van der Waals surface area contributed by atoms with Gasteiger partial charge < -0.3 is 19.8 Å². The van der Waals surface area contributed by atoms with Gasteiger partial charge in [0.25, 0.3) is 0 Å². The van der Waals surface area contributed by atoms with E-state index in [2.05, 4.69) is 16.4 Å². The van der Waals surface area contributed by atoms with Crippen LogP contribution in [0.1, 0.15) is 12.0 Å². The fraction of sp³-hybridized carbons (Fsp3) is 0.211. The van der Waals surface area contributed by atoms with Gasteiger partial charge in [-0.2, -0.15) is 0 Å². The van der Waals surface area contributed by atoms with Crippen molar-refractivity contribution in [2.45, 2.75) is 12.8 Å². The molecule has 0 aliphatic rings. The van der Waals surface area contributed by atoms with Crippen LogP contribution in [0.25, 0.3) is 10.9 Å². The summed E-state index contributed by atoms with van der Waals surface area (Å²) in [5, 5.41) is 4.05. The van der Waals surface area contributed by atoms with Gasteiger partial charge in [-0.15, -0.1) is 0 Å². The van der Waals surface area contributed by atoms with E-state index in [9.17, 15) is 4.79 Å². The summed E-state index contributed by atoms with van der Waals surface area (Å²) in [6.07, 6.45) is 2.98. The minimum atomic E-state index is -0.0610. The second-order valence-corrected chi connectivity index (χ2v) is 5.47. The van der Waals surface area contributed by atoms with Crippen LogP contribution in [-0.2, 0) is 11.2 Å². The summed E-state index contributed by atoms with van der Waals surface area (Å²) in [5.41, 5.74) is 2.85. The molecule has 1 heterocycles. The Kier molecular flexibility index (Phi) is 4.70. The maximum absolute atomic E-state index is 12.3. The maximum atomic E-state index is 12.3. The van der Waals surface area contributed by atoms with Gasteiger partial charge in [-0.1, -0.05) is 12.1 Å². The lowest BCUT2D eigenvalue weighted by Crippen LogP contribution is -2.13. The van der Waals surface area contributed by atoms with Gasteiger partial charge in [0.05, 0.1) is 19.9 Å². The molecular weight excluding hydrogens is 304 g/mol. The number of aromatic nitrogens is 1. The minimum Gasteiger partial charge on any atom is -0.497 e. The summed E-state index contributed by atoms with van der Waals surface area (Å²) in [6.45, 7) is 0. The van der Waals surface area contributed by atoms with Gasteiger partial charge in [-0.05, 0) is 36.2 Å². The molecule has 24 heavy (non-hydrogen) atoms. The molecule has 124 valence electrons. The van der Waals surface area contributed by atoms with Crippen LogP contribution in [0.2, 0.25) is 0 Å². The van der Waals surface area contributed by atoms with Gasteiger partial charge in [0.2, 0.25) is 5.91 Å². The lowest BCUT2D eigenvalue weighted by atomic mass is 10.1. The summed E-state index contributed by atoms with van der Waals surface area (Å²) in [5.74, 6) is 1.22. The van der Waals surface area contributed by atoms with Crippen LogP contribution in [0, 0.1) is 0 Å². The van der Waals surface area contributed by atoms with Crippen LogP contribution >= 0.6 is 0 Å². The second kappa shape index (κ2) is 7.08. The number of anilines is 1. The number of amides is 1. The number of rotatable bonds is 6. The molecule has 0 saturated heterocycles. The van der Waals surface area contributed by atoms with Crippen LogP contribution in [0.3, 0.4) is 0 Å². The molecule has 0 radical (unpaired) electrons. The van der Waals surface area contributed by atoms with E-state index in [1.807, 2.05) is 24.4 Å². The Morgan fingerprint density at radius 3 is 2.79 bits per heavy atom. The van der Waals surface area contributed by atoms with Crippen molar-refractivity contribution in [3.63, 3.8) is 0 Å². The Balaban J connectivity index is 1.69. The van der Waals surface area contributed by atoms with E-state index in [0.717, 1.165) is 16.5 Å². The highest BCUT2D eigenvalue weighted by Gasteiger charge is 2.10. The van der Waals surface area contributed by atoms with Crippen LogP contribution in [0.4, 0.5) is 5.69 Å². The third-order valence-corrected chi connectivity index (χ3v) is 3.99. The van der Waals surface area contributed by atoms with Crippen molar-refractivity contribution in [1.82, 2.24) is 4.98 Å². The molecule has 2 aromatic carbocycles. The fourth-order valence-electron chi connectivity index (χ4n) is 2.74. The number of ether oxygens (including phenoxy) is 2. The average molecular weight is 324 g/mol. The Morgan fingerprint density at radius 2 is 2.00 bits per heavy atom. The van der Waals surface area contributed by atoms with E-state index < -0.39 is 0 Å². The number of methoxy groups -OCH3 is 2. The maximum Gasteiger partial charge on any atom is 0.224 e. The lowest BCUT2D eigenvalue weighted by Gasteiger charge is -2.12. The molecule has 2 N–H and O–H groups in total. The van der Waals surface area contributed by atoms with Crippen LogP contribution in [0.15, 0.2) is 48.7 Å². The van der Waals surface area contributed by atoms with Crippen molar-refractivity contribution >= 4 is 22.5 Å². The highest BCUT2D eigenvalue weighted by atomic mass is 16.5. The zero-order valence-electron chi connectivity index (χ0n) is 13.8. The van der Waals surface area contributed by atoms with Gasteiger partial charge >= 0.3 is 0 Å². The van der Waals surface area contributed by atoms with Crippen LogP contribution in [-0.4, -0.2) is 25.1 Å². The SMILES string of the molecule is COc1ccc(OC)c(NC(=O)CCc2cccc3[nH]ccc23)c1. The molecule has 0 saturated carbocycles. The number of nitrogens with one attached hydrogen (secondary N) is 2. The summed E-state index contributed by atoms with van der Waals surface area (Å²) in [7, 11) is 3.16. The number of hydrogen-bond acceptors (Lipinski definition) is 3. The first-order valence-electron chi connectivity index (χ1n) is 7.78. The zero-order chi connectivity index (χ0) is 16.9. The van der Waals surface area contributed by atoms with E-state index in [0.29, 0.717) is 30.0 Å². The van der Waals surface area contributed by atoms with Crippen molar-refractivity contribution in [3.05, 3.63) is 54.2 Å². The third kappa shape index (κ3) is 3.35. The molecule has 0 fully saturated rings. The van der Waals surface area contributed by atoms with Gasteiger partial charge in [-0.3, -0.25) is 4.79 Å². The molecule has 1 amide bonds. The Labute approximate surface area is 140 Å². The highest BCUT2D eigenvalue weighted by Crippen LogP contribution is 2.29. The van der Waals surface area contributed by atoms with Gasteiger partial charge in [-0.25, -0.2) is 0 Å². The third-order valence-electron chi connectivity index (χ3n) is 3.99. The molecule has 0 aliphatic heterocycles. The van der Waals surface area contributed by atoms with Crippen LogP contribution < -0.4 is 14.8 Å². The van der Waals surface area contributed by atoms with E-state index in [-0.39, 0.29) is 5.91 Å². The largest absolute Gasteiger partial charge is 0.497 e. The molecule has 0 aliphatic carbocycles. The van der Waals surface area contributed by atoms with Crippen molar-refractivity contribution < 1.29 is 14.3 Å². The molecule has 0 spiro atoms. The molecular formula is C19H20N2O3. The predicted molar refractivity (Wildman–Crippen MR) is 94.8 cm³/mol. The number of carbonyl (C=O) groups is 1. The first kappa shape index (κ1) is 15.9. The Morgan fingerprint density at radius 1 is 1.12 bits per heavy atom. The summed E-state index contributed by atoms with van der Waals surface area (Å²) < 4.78 is 10.5. The van der Waals surface area contributed by atoms with E-state index in [1.165, 1.54) is 0 Å². The quantitative estimate of drug-likeness (QED) is 0.726. The predicted octanol–water partition coefficient (Wildman–Crippen LogP) is 3.76. The monoisotopic (exact) mass is 324 g/mol. The van der Waals surface area contributed by atoms with Crippen LogP contribution in [0.5, 0.6) is 11.5 Å². The molecule has 0 bridgehead atoms. The summed E-state index contributed by atoms with van der Waals surface area (Å²) >= 11 is 0. The zero-order valence-corrected chi connectivity index (χ0v) is 13.8. The second-order valence-electron chi connectivity index (χ2n) is 5.47. The molecule has 3 rings (SSSR count). The number of hydrogen-bond donors (Lipinski definition) is 2. The number of aryl methyl sites for hydroxylation is 1. The normalized spacial score (nSPS) is 10.6. The Bertz CT molecular complexity index is 855. The van der Waals surface area contributed by atoms with E-state index in [4.69, 9.17) is 9.47 Å². The molecule has 1 aromatic heterocycles. The fourth-order valence-corrected chi connectivity index (χ4v) is 2.74. The Hall–Kier alpha value is -2.95. The van der Waals surface area contributed by atoms with Gasteiger partial charge in [0, 0.05) is 29.6 Å². The number of fused-ring (bicyclic) bond motifs is 1. The van der Waals surface area contributed by atoms with E-state index >= 15 is 0 Å². The van der Waals surface area contributed by atoms with E-state index in [1.54, 1.807) is 32.4 Å². The summed E-state index contributed by atoms with van der Waals surface area (Å²) in [6, 6.07) is 13.4. The molecule has 5 nitrogen and oxygen atoms in total. The van der Waals surface area contributed by atoms with Crippen molar-refractivity contribution in [3.8, 4) is 11.5 Å².